The Morgan fingerprint density at radius 1 is 0.960 bits per heavy atom. The van der Waals surface area contributed by atoms with E-state index in [0.29, 0.717) is 15.8 Å². The monoisotopic (exact) mass is 346 g/mol. The minimum atomic E-state index is -0.157. The van der Waals surface area contributed by atoms with Gasteiger partial charge in [-0.3, -0.25) is 4.79 Å². The van der Waals surface area contributed by atoms with E-state index in [1.165, 1.54) is 11.8 Å². The normalized spacial score (nSPS) is 17.4. The summed E-state index contributed by atoms with van der Waals surface area (Å²) in [5, 5.41) is 14.9. The van der Waals surface area contributed by atoms with Gasteiger partial charge >= 0.3 is 0 Å². The molecule has 0 bridgehead atoms. The second kappa shape index (κ2) is 6.45. The van der Waals surface area contributed by atoms with E-state index in [2.05, 4.69) is 22.4 Å². The number of nitrogens with one attached hydrogen (secondary N) is 1. The van der Waals surface area contributed by atoms with Crippen molar-refractivity contribution in [3.63, 3.8) is 0 Å². The van der Waals surface area contributed by atoms with Crippen molar-refractivity contribution in [3.05, 3.63) is 77.2 Å². The van der Waals surface area contributed by atoms with Crippen molar-refractivity contribution >= 4 is 45.4 Å². The molecule has 0 radical (unpaired) electrons. The highest BCUT2D eigenvalue weighted by Gasteiger charge is 2.24. The number of fused-ring (bicyclic) bond motifs is 1. The SMILES string of the molecule is O=C1NC(=Nc2ccc(O)cc2)S/C1=C/c1cccc2ccccc12. The highest BCUT2D eigenvalue weighted by atomic mass is 32.2. The first-order valence-electron chi connectivity index (χ1n) is 7.75. The molecule has 5 heteroatoms. The van der Waals surface area contributed by atoms with Crippen molar-refractivity contribution in [1.29, 1.82) is 0 Å². The minimum Gasteiger partial charge on any atom is -0.508 e. The Balaban J connectivity index is 1.66. The van der Waals surface area contributed by atoms with Crippen LogP contribution in [-0.4, -0.2) is 16.2 Å². The summed E-state index contributed by atoms with van der Waals surface area (Å²) in [6.45, 7) is 0. The van der Waals surface area contributed by atoms with Gasteiger partial charge in [0.15, 0.2) is 5.17 Å². The van der Waals surface area contributed by atoms with E-state index in [4.69, 9.17) is 0 Å². The number of hydrogen-bond acceptors (Lipinski definition) is 4. The van der Waals surface area contributed by atoms with Crippen LogP contribution in [0.1, 0.15) is 5.56 Å². The van der Waals surface area contributed by atoms with Crippen LogP contribution < -0.4 is 5.32 Å². The number of carbonyl (C=O) groups excluding carboxylic acids is 1. The molecular formula is C20H14N2O2S. The highest BCUT2D eigenvalue weighted by Crippen LogP contribution is 2.30. The number of rotatable bonds is 2. The summed E-state index contributed by atoms with van der Waals surface area (Å²) in [4.78, 5) is 17.3. The summed E-state index contributed by atoms with van der Waals surface area (Å²) in [5.74, 6) is 0.0269. The third kappa shape index (κ3) is 3.27. The molecule has 1 amide bonds. The Morgan fingerprint density at radius 3 is 2.56 bits per heavy atom. The number of amides is 1. The fraction of sp³-hybridized carbons (Fsp3) is 0. The van der Waals surface area contributed by atoms with Gasteiger partial charge < -0.3 is 10.4 Å². The number of aliphatic imine (C=N–C) groups is 1. The summed E-state index contributed by atoms with van der Waals surface area (Å²) in [6, 6.07) is 20.6. The molecule has 2 N–H and O–H groups in total. The van der Waals surface area contributed by atoms with Crippen LogP contribution in [0.2, 0.25) is 0 Å². The number of phenolic OH excluding ortho intramolecular Hbond substituents is 1. The van der Waals surface area contributed by atoms with Crippen LogP contribution in [0.3, 0.4) is 0 Å². The number of phenols is 1. The molecule has 3 aromatic rings. The maximum absolute atomic E-state index is 12.2. The Morgan fingerprint density at radius 2 is 1.72 bits per heavy atom. The van der Waals surface area contributed by atoms with Crippen LogP contribution in [0.5, 0.6) is 5.75 Å². The van der Waals surface area contributed by atoms with Crippen molar-refractivity contribution in [1.82, 2.24) is 5.32 Å². The minimum absolute atomic E-state index is 0.157. The van der Waals surface area contributed by atoms with E-state index in [1.807, 2.05) is 36.4 Å². The zero-order valence-electron chi connectivity index (χ0n) is 13.1. The topological polar surface area (TPSA) is 61.7 Å². The molecule has 4 rings (SSSR count). The molecular weight excluding hydrogens is 332 g/mol. The molecule has 0 aromatic heterocycles. The van der Waals surface area contributed by atoms with Crippen LogP contribution in [0.4, 0.5) is 5.69 Å². The van der Waals surface area contributed by atoms with Gasteiger partial charge in [-0.15, -0.1) is 0 Å². The lowest BCUT2D eigenvalue weighted by atomic mass is 10.0. The third-order valence-electron chi connectivity index (χ3n) is 3.84. The number of aromatic hydroxyl groups is 1. The lowest BCUT2D eigenvalue weighted by Crippen LogP contribution is -2.19. The first-order chi connectivity index (χ1) is 12.2. The molecule has 25 heavy (non-hydrogen) atoms. The van der Waals surface area contributed by atoms with Gasteiger partial charge in [-0.05, 0) is 58.4 Å². The van der Waals surface area contributed by atoms with Crippen molar-refractivity contribution in [2.24, 2.45) is 4.99 Å². The zero-order valence-corrected chi connectivity index (χ0v) is 14.0. The number of benzene rings is 3. The fourth-order valence-electron chi connectivity index (χ4n) is 2.64. The second-order valence-electron chi connectivity index (χ2n) is 5.57. The molecule has 0 atom stereocenters. The van der Waals surface area contributed by atoms with Crippen LogP contribution in [-0.2, 0) is 4.79 Å². The molecule has 3 aromatic carbocycles. The van der Waals surface area contributed by atoms with Gasteiger partial charge in [0.2, 0.25) is 0 Å². The molecule has 0 spiro atoms. The fourth-order valence-corrected chi connectivity index (χ4v) is 3.48. The molecule has 122 valence electrons. The van der Waals surface area contributed by atoms with Crippen LogP contribution in [0.25, 0.3) is 16.8 Å². The maximum Gasteiger partial charge on any atom is 0.264 e. The lowest BCUT2D eigenvalue weighted by Gasteiger charge is -2.02. The van der Waals surface area contributed by atoms with E-state index in [0.717, 1.165) is 16.3 Å². The van der Waals surface area contributed by atoms with Crippen molar-refractivity contribution in [2.75, 3.05) is 0 Å². The smallest absolute Gasteiger partial charge is 0.264 e. The molecule has 1 saturated heterocycles. The second-order valence-corrected chi connectivity index (χ2v) is 6.60. The summed E-state index contributed by atoms with van der Waals surface area (Å²) in [5.41, 5.74) is 1.67. The predicted molar refractivity (Wildman–Crippen MR) is 103 cm³/mol. The summed E-state index contributed by atoms with van der Waals surface area (Å²) >= 11 is 1.31. The highest BCUT2D eigenvalue weighted by molar-refractivity contribution is 8.18. The number of hydrogen-bond donors (Lipinski definition) is 2. The Kier molecular flexibility index (Phi) is 3.99. The van der Waals surface area contributed by atoms with Gasteiger partial charge in [0.25, 0.3) is 5.91 Å². The molecule has 0 saturated carbocycles. The molecule has 1 aliphatic heterocycles. The molecule has 0 unspecified atom stereocenters. The number of thioether (sulfide) groups is 1. The largest absolute Gasteiger partial charge is 0.508 e. The number of nitrogens with zero attached hydrogens (tertiary/aromatic N) is 1. The van der Waals surface area contributed by atoms with Crippen LogP contribution in [0, 0.1) is 0 Å². The van der Waals surface area contributed by atoms with Gasteiger partial charge in [0.05, 0.1) is 10.6 Å². The van der Waals surface area contributed by atoms with E-state index >= 15 is 0 Å². The molecule has 1 heterocycles. The number of amidine groups is 1. The molecule has 1 fully saturated rings. The van der Waals surface area contributed by atoms with Crippen molar-refractivity contribution in [3.8, 4) is 5.75 Å². The Hall–Kier alpha value is -3.05. The van der Waals surface area contributed by atoms with E-state index in [9.17, 15) is 9.90 Å². The van der Waals surface area contributed by atoms with E-state index in [-0.39, 0.29) is 11.7 Å². The molecule has 1 aliphatic rings. The first kappa shape index (κ1) is 15.5. The van der Waals surface area contributed by atoms with Gasteiger partial charge in [-0.2, -0.15) is 0 Å². The first-order valence-corrected chi connectivity index (χ1v) is 8.57. The van der Waals surface area contributed by atoms with Crippen LogP contribution >= 0.6 is 11.8 Å². The Labute approximate surface area is 148 Å². The van der Waals surface area contributed by atoms with Gasteiger partial charge in [0, 0.05) is 0 Å². The summed E-state index contributed by atoms with van der Waals surface area (Å²) < 4.78 is 0. The van der Waals surface area contributed by atoms with Gasteiger partial charge in [-0.25, -0.2) is 4.99 Å². The third-order valence-corrected chi connectivity index (χ3v) is 4.75. The van der Waals surface area contributed by atoms with E-state index in [1.54, 1.807) is 24.3 Å². The summed E-state index contributed by atoms with van der Waals surface area (Å²) in [6.07, 6.45) is 1.89. The van der Waals surface area contributed by atoms with Gasteiger partial charge in [-0.1, -0.05) is 42.5 Å². The maximum atomic E-state index is 12.2. The summed E-state index contributed by atoms with van der Waals surface area (Å²) in [7, 11) is 0. The predicted octanol–water partition coefficient (Wildman–Crippen LogP) is 4.44. The van der Waals surface area contributed by atoms with Crippen LogP contribution in [0.15, 0.2) is 76.6 Å². The molecule has 0 aliphatic carbocycles. The molecule has 4 nitrogen and oxygen atoms in total. The lowest BCUT2D eigenvalue weighted by molar-refractivity contribution is -0.115. The van der Waals surface area contributed by atoms with Gasteiger partial charge in [0.1, 0.15) is 5.75 Å². The number of carbonyl (C=O) groups is 1. The Bertz CT molecular complexity index is 1020. The standard InChI is InChI=1S/C20H14N2O2S/c23-16-10-8-15(9-11-16)21-20-22-19(24)18(25-20)12-14-6-3-5-13-4-1-2-7-17(13)14/h1-12,23H,(H,21,22,24)/b18-12+. The quantitative estimate of drug-likeness (QED) is 0.675. The van der Waals surface area contributed by atoms with Crippen molar-refractivity contribution < 1.29 is 9.90 Å². The van der Waals surface area contributed by atoms with Crippen molar-refractivity contribution in [2.45, 2.75) is 0 Å². The average molecular weight is 346 g/mol. The zero-order chi connectivity index (χ0) is 17.2. The average Bonchev–Trinajstić information content (AvgIpc) is 2.96. The van der Waals surface area contributed by atoms with E-state index < -0.39 is 0 Å².